The minimum Gasteiger partial charge on any atom is -0.486 e. The summed E-state index contributed by atoms with van der Waals surface area (Å²) in [4.78, 5) is 19.6. The number of nitrogens with two attached hydrogens (primary N) is 1. The Morgan fingerprint density at radius 1 is 1.28 bits per heavy atom. The van der Waals surface area contributed by atoms with Crippen molar-refractivity contribution in [2.75, 3.05) is 0 Å². The fourth-order valence-electron chi connectivity index (χ4n) is 2.14. The van der Waals surface area contributed by atoms with Gasteiger partial charge in [-0.1, -0.05) is 17.7 Å². The number of carbonyl (C=O) groups is 1. The molecule has 1 amide bonds. The van der Waals surface area contributed by atoms with Crippen LogP contribution in [0.5, 0.6) is 5.75 Å². The monoisotopic (exact) mass is 381 g/mol. The highest BCUT2D eigenvalue weighted by Gasteiger charge is 2.20. The summed E-state index contributed by atoms with van der Waals surface area (Å²) in [5, 5.41) is 0.585. The van der Waals surface area contributed by atoms with Crippen molar-refractivity contribution >= 4 is 28.8 Å². The third-order valence-corrected chi connectivity index (χ3v) is 4.38. The summed E-state index contributed by atoms with van der Waals surface area (Å²) >= 11 is 7.13. The van der Waals surface area contributed by atoms with Crippen LogP contribution in [0.25, 0.3) is 10.7 Å². The van der Waals surface area contributed by atoms with Crippen molar-refractivity contribution in [1.82, 2.24) is 9.97 Å². The number of thiazole rings is 1. The average Bonchev–Trinajstić information content (AvgIpc) is 3.00. The molecule has 2 heterocycles. The van der Waals surface area contributed by atoms with Gasteiger partial charge in [0.1, 0.15) is 33.0 Å². The van der Waals surface area contributed by atoms with E-state index in [4.69, 9.17) is 22.1 Å². The van der Waals surface area contributed by atoms with Gasteiger partial charge in [-0.25, -0.2) is 13.8 Å². The lowest BCUT2D eigenvalue weighted by molar-refractivity contribution is 0.0991. The second kappa shape index (κ2) is 7.12. The minimum atomic E-state index is -1.21. The van der Waals surface area contributed by atoms with Crippen LogP contribution >= 0.6 is 22.9 Å². The molecule has 0 atom stereocenters. The standard InChI is InChI=1S/C16H10ClF2N3O2S/c17-11-6-22-16(25-11)14-8(2-1-5-21-14)7-24-10-4-3-9(18)12(13(10)19)15(20)23/h1-6H,7H2,(H2,20,23). The topological polar surface area (TPSA) is 78.1 Å². The van der Waals surface area contributed by atoms with Crippen molar-refractivity contribution in [3.05, 3.63) is 63.8 Å². The fourth-order valence-corrected chi connectivity index (χ4v) is 3.08. The zero-order valence-corrected chi connectivity index (χ0v) is 14.1. The molecule has 9 heteroatoms. The van der Waals surface area contributed by atoms with Gasteiger partial charge in [-0.2, -0.15) is 0 Å². The number of ether oxygens (including phenoxy) is 1. The first-order chi connectivity index (χ1) is 12.0. The molecule has 3 rings (SSSR count). The van der Waals surface area contributed by atoms with E-state index in [9.17, 15) is 13.6 Å². The molecule has 1 aromatic carbocycles. The SMILES string of the molecule is NC(=O)c1c(F)ccc(OCc2cccnc2-c2ncc(Cl)s2)c1F. The molecular formula is C16H10ClF2N3O2S. The summed E-state index contributed by atoms with van der Waals surface area (Å²) in [6.07, 6.45) is 3.08. The highest BCUT2D eigenvalue weighted by molar-refractivity contribution is 7.18. The number of hydrogen-bond acceptors (Lipinski definition) is 5. The summed E-state index contributed by atoms with van der Waals surface area (Å²) in [5.74, 6) is -3.69. The molecule has 0 bridgehead atoms. The third kappa shape index (κ3) is 3.59. The van der Waals surface area contributed by atoms with E-state index in [1.165, 1.54) is 17.5 Å². The summed E-state index contributed by atoms with van der Waals surface area (Å²) in [6.45, 7) is -0.0683. The number of carbonyl (C=O) groups excluding carboxylic acids is 1. The molecule has 0 aliphatic heterocycles. The molecule has 2 aromatic heterocycles. The van der Waals surface area contributed by atoms with E-state index in [1.807, 2.05) is 0 Å². The van der Waals surface area contributed by atoms with Crippen molar-refractivity contribution < 1.29 is 18.3 Å². The van der Waals surface area contributed by atoms with Gasteiger partial charge in [-0.05, 0) is 18.2 Å². The summed E-state index contributed by atoms with van der Waals surface area (Å²) in [6, 6.07) is 5.43. The van der Waals surface area contributed by atoms with Crippen LogP contribution in [-0.2, 0) is 6.61 Å². The number of benzene rings is 1. The van der Waals surface area contributed by atoms with Crippen molar-refractivity contribution in [1.29, 1.82) is 0 Å². The van der Waals surface area contributed by atoms with Crippen molar-refractivity contribution in [2.24, 2.45) is 5.73 Å². The number of primary amides is 1. The second-order valence-electron chi connectivity index (χ2n) is 4.87. The summed E-state index contributed by atoms with van der Waals surface area (Å²) in [5.41, 5.74) is 5.31. The Balaban J connectivity index is 1.88. The Hall–Kier alpha value is -2.58. The van der Waals surface area contributed by atoms with E-state index in [-0.39, 0.29) is 12.4 Å². The number of hydrogen-bond donors (Lipinski definition) is 1. The Labute approximate surface area is 150 Å². The predicted octanol–water partition coefficient (Wildman–Crippen LogP) is 3.81. The highest BCUT2D eigenvalue weighted by Crippen LogP contribution is 2.30. The number of nitrogens with zero attached hydrogens (tertiary/aromatic N) is 2. The molecule has 5 nitrogen and oxygen atoms in total. The van der Waals surface area contributed by atoms with Gasteiger partial charge in [-0.3, -0.25) is 9.78 Å². The first kappa shape index (κ1) is 17.2. The number of rotatable bonds is 5. The van der Waals surface area contributed by atoms with Gasteiger partial charge in [0.15, 0.2) is 11.6 Å². The molecule has 0 aliphatic carbocycles. The molecule has 0 saturated heterocycles. The van der Waals surface area contributed by atoms with Crippen molar-refractivity contribution in [3.8, 4) is 16.5 Å². The second-order valence-corrected chi connectivity index (χ2v) is 6.53. The largest absolute Gasteiger partial charge is 0.486 e. The van der Waals surface area contributed by atoms with E-state index in [1.54, 1.807) is 18.3 Å². The minimum absolute atomic E-state index is 0.0683. The van der Waals surface area contributed by atoms with Gasteiger partial charge < -0.3 is 10.5 Å². The third-order valence-electron chi connectivity index (χ3n) is 3.26. The molecular weight excluding hydrogens is 372 g/mol. The summed E-state index contributed by atoms with van der Waals surface area (Å²) < 4.78 is 33.6. The maximum absolute atomic E-state index is 14.2. The van der Waals surface area contributed by atoms with Gasteiger partial charge in [-0.15, -0.1) is 11.3 Å². The van der Waals surface area contributed by atoms with E-state index < -0.39 is 23.1 Å². The highest BCUT2D eigenvalue weighted by atomic mass is 35.5. The van der Waals surface area contributed by atoms with Crippen LogP contribution in [0.3, 0.4) is 0 Å². The quantitative estimate of drug-likeness (QED) is 0.728. The summed E-state index contributed by atoms with van der Waals surface area (Å²) in [7, 11) is 0. The predicted molar refractivity (Wildman–Crippen MR) is 89.6 cm³/mol. The van der Waals surface area contributed by atoms with Crippen LogP contribution in [0.15, 0.2) is 36.7 Å². The molecule has 0 spiro atoms. The molecule has 0 fully saturated rings. The van der Waals surface area contributed by atoms with Gasteiger partial charge >= 0.3 is 0 Å². The zero-order chi connectivity index (χ0) is 18.0. The lowest BCUT2D eigenvalue weighted by Crippen LogP contribution is -2.16. The van der Waals surface area contributed by atoms with Crippen LogP contribution in [0.2, 0.25) is 4.34 Å². The molecule has 128 valence electrons. The van der Waals surface area contributed by atoms with Gasteiger partial charge in [0.2, 0.25) is 0 Å². The van der Waals surface area contributed by atoms with Crippen LogP contribution in [-0.4, -0.2) is 15.9 Å². The first-order valence-electron chi connectivity index (χ1n) is 6.93. The molecule has 3 aromatic rings. The maximum Gasteiger partial charge on any atom is 0.254 e. The van der Waals surface area contributed by atoms with Gasteiger partial charge in [0.25, 0.3) is 5.91 Å². The number of halogens is 3. The Morgan fingerprint density at radius 3 is 2.76 bits per heavy atom. The Morgan fingerprint density at radius 2 is 2.08 bits per heavy atom. The molecule has 2 N–H and O–H groups in total. The van der Waals surface area contributed by atoms with Gasteiger partial charge in [0.05, 0.1) is 6.20 Å². The number of amides is 1. The van der Waals surface area contributed by atoms with Crippen LogP contribution < -0.4 is 10.5 Å². The van der Waals surface area contributed by atoms with E-state index in [2.05, 4.69) is 9.97 Å². The smallest absolute Gasteiger partial charge is 0.254 e. The Kier molecular flexibility index (Phi) is 4.91. The van der Waals surface area contributed by atoms with E-state index in [0.29, 0.717) is 20.6 Å². The van der Waals surface area contributed by atoms with E-state index in [0.717, 1.165) is 12.1 Å². The first-order valence-corrected chi connectivity index (χ1v) is 8.13. The molecule has 0 unspecified atom stereocenters. The number of pyridine rings is 1. The fraction of sp³-hybridized carbons (Fsp3) is 0.0625. The number of aromatic nitrogens is 2. The zero-order valence-electron chi connectivity index (χ0n) is 12.5. The maximum atomic E-state index is 14.2. The van der Waals surface area contributed by atoms with Gasteiger partial charge in [0, 0.05) is 11.8 Å². The normalized spacial score (nSPS) is 10.7. The Bertz CT molecular complexity index is 949. The molecule has 0 saturated carbocycles. The average molecular weight is 382 g/mol. The van der Waals surface area contributed by atoms with Crippen molar-refractivity contribution in [3.63, 3.8) is 0 Å². The van der Waals surface area contributed by atoms with E-state index >= 15 is 0 Å². The van der Waals surface area contributed by atoms with Crippen LogP contribution in [0.4, 0.5) is 8.78 Å². The van der Waals surface area contributed by atoms with Crippen molar-refractivity contribution in [2.45, 2.75) is 6.61 Å². The molecule has 0 aliphatic rings. The lowest BCUT2D eigenvalue weighted by atomic mass is 10.1. The lowest BCUT2D eigenvalue weighted by Gasteiger charge is -2.11. The molecule has 0 radical (unpaired) electrons. The molecule has 25 heavy (non-hydrogen) atoms. The van der Waals surface area contributed by atoms with Crippen LogP contribution in [0.1, 0.15) is 15.9 Å². The van der Waals surface area contributed by atoms with Crippen LogP contribution in [0, 0.1) is 11.6 Å².